The van der Waals surface area contributed by atoms with Crippen molar-refractivity contribution in [2.75, 3.05) is 0 Å². The van der Waals surface area contributed by atoms with Crippen LogP contribution in [0, 0.1) is 0 Å². The molecule has 0 unspecified atom stereocenters. The second kappa shape index (κ2) is 12.9. The van der Waals surface area contributed by atoms with Crippen molar-refractivity contribution in [3.8, 4) is 39.7 Å². The van der Waals surface area contributed by atoms with E-state index in [2.05, 4.69) is 214 Å². The van der Waals surface area contributed by atoms with Crippen LogP contribution in [0.5, 0.6) is 0 Å². The topological polar surface area (TPSA) is 40.6 Å². The van der Waals surface area contributed by atoms with E-state index in [1.54, 1.807) is 0 Å². The zero-order valence-corrected chi connectivity index (χ0v) is 33.0. The third-order valence-electron chi connectivity index (χ3n) is 12.1. The Morgan fingerprint density at radius 1 is 0.383 bits per heavy atom. The van der Waals surface area contributed by atoms with Crippen LogP contribution in [0.25, 0.3) is 115 Å². The molecule has 0 bridgehead atoms. The molecule has 60 heavy (non-hydrogen) atoms. The standard InChI is InChI=1S/C54H33N5S/c1-3-14-36(15-4-1)57-31-30-43-51(42-22-13-21-41-40-20-9-12-25-50(40)60-52(41)42)55-54(56-53(43)57)59-47-24-11-8-19-39(47)45-33-35(27-29-49(45)59)34-26-28-48-44(32-34)38-18-7-10-23-46(38)58(48)37-16-5-2-6-17-37/h1-33H. The minimum Gasteiger partial charge on any atom is -0.309 e. The van der Waals surface area contributed by atoms with Gasteiger partial charge in [-0.2, -0.15) is 4.98 Å². The van der Waals surface area contributed by atoms with Gasteiger partial charge in [-0.25, -0.2) is 4.98 Å². The molecule has 8 aromatic carbocycles. The van der Waals surface area contributed by atoms with E-state index in [1.807, 2.05) is 11.3 Å². The smallest absolute Gasteiger partial charge is 0.237 e. The molecule has 0 radical (unpaired) electrons. The Labute approximate surface area is 348 Å². The Morgan fingerprint density at radius 3 is 1.67 bits per heavy atom. The average molecular weight is 784 g/mol. The highest BCUT2D eigenvalue weighted by Crippen LogP contribution is 2.43. The van der Waals surface area contributed by atoms with E-state index in [0.29, 0.717) is 5.95 Å². The second-order valence-corrected chi connectivity index (χ2v) is 16.5. The Hall–Kier alpha value is -7.80. The number of rotatable bonds is 5. The molecule has 0 aliphatic carbocycles. The summed E-state index contributed by atoms with van der Waals surface area (Å²) in [5.41, 5.74) is 12.0. The van der Waals surface area contributed by atoms with Gasteiger partial charge < -0.3 is 9.13 Å². The van der Waals surface area contributed by atoms with Crippen LogP contribution < -0.4 is 0 Å². The fourth-order valence-corrected chi connectivity index (χ4v) is 10.6. The van der Waals surface area contributed by atoms with E-state index in [1.165, 1.54) is 47.5 Å². The van der Waals surface area contributed by atoms with Crippen LogP contribution in [0.15, 0.2) is 200 Å². The molecular formula is C54H33N5S. The largest absolute Gasteiger partial charge is 0.309 e. The first-order valence-corrected chi connectivity index (χ1v) is 21.1. The summed E-state index contributed by atoms with van der Waals surface area (Å²) in [5.74, 6) is 0.639. The van der Waals surface area contributed by atoms with Gasteiger partial charge >= 0.3 is 0 Å². The van der Waals surface area contributed by atoms with E-state index in [0.717, 1.165) is 61.0 Å². The molecule has 0 N–H and O–H groups in total. The van der Waals surface area contributed by atoms with Crippen LogP contribution >= 0.6 is 11.3 Å². The van der Waals surface area contributed by atoms with Gasteiger partial charge in [0.2, 0.25) is 5.95 Å². The third kappa shape index (κ3) is 4.86. The zero-order chi connectivity index (χ0) is 39.3. The maximum Gasteiger partial charge on any atom is 0.237 e. The number of thiophene rings is 1. The van der Waals surface area contributed by atoms with Gasteiger partial charge in [0.05, 0.1) is 27.8 Å². The van der Waals surface area contributed by atoms with Crippen LogP contribution in [0.3, 0.4) is 0 Å². The molecule has 0 saturated carbocycles. The first-order valence-electron chi connectivity index (χ1n) is 20.2. The van der Waals surface area contributed by atoms with E-state index in [9.17, 15) is 0 Å². The Balaban J connectivity index is 1.04. The molecular weight excluding hydrogens is 751 g/mol. The molecule has 13 rings (SSSR count). The van der Waals surface area contributed by atoms with Crippen LogP contribution in [-0.2, 0) is 0 Å². The summed E-state index contributed by atoms with van der Waals surface area (Å²) >= 11 is 1.83. The number of hydrogen-bond acceptors (Lipinski definition) is 3. The molecule has 0 spiro atoms. The van der Waals surface area contributed by atoms with Crippen LogP contribution in [0.1, 0.15) is 0 Å². The molecule has 0 aliphatic heterocycles. The molecule has 5 aromatic heterocycles. The normalized spacial score (nSPS) is 12.0. The summed E-state index contributed by atoms with van der Waals surface area (Å²) in [6.07, 6.45) is 2.12. The molecule has 5 heterocycles. The fraction of sp³-hybridized carbons (Fsp3) is 0. The average Bonchev–Trinajstić information content (AvgIpc) is 4.08. The number of hydrogen-bond donors (Lipinski definition) is 0. The number of nitrogens with zero attached hydrogens (tertiary/aromatic N) is 5. The van der Waals surface area contributed by atoms with Crippen molar-refractivity contribution < 1.29 is 0 Å². The first kappa shape index (κ1) is 33.2. The van der Waals surface area contributed by atoms with Gasteiger partial charge in [0.1, 0.15) is 0 Å². The van der Waals surface area contributed by atoms with Crippen molar-refractivity contribution in [2.24, 2.45) is 0 Å². The Bertz CT molecular complexity index is 3830. The summed E-state index contributed by atoms with van der Waals surface area (Å²) in [6.45, 7) is 0. The summed E-state index contributed by atoms with van der Waals surface area (Å²) in [7, 11) is 0. The lowest BCUT2D eigenvalue weighted by atomic mass is 10.0. The molecule has 0 aliphatic rings. The maximum atomic E-state index is 5.56. The van der Waals surface area contributed by atoms with Gasteiger partial charge in [0.25, 0.3) is 0 Å². The van der Waals surface area contributed by atoms with Crippen LogP contribution in [0.4, 0.5) is 0 Å². The summed E-state index contributed by atoms with van der Waals surface area (Å²) in [5, 5.41) is 8.32. The van der Waals surface area contributed by atoms with E-state index in [4.69, 9.17) is 9.97 Å². The number of aromatic nitrogens is 5. The summed E-state index contributed by atoms with van der Waals surface area (Å²) in [6, 6.07) is 69.6. The molecule has 0 fully saturated rings. The number of para-hydroxylation sites is 4. The van der Waals surface area contributed by atoms with Crippen molar-refractivity contribution in [1.29, 1.82) is 0 Å². The minimum absolute atomic E-state index is 0.639. The highest BCUT2D eigenvalue weighted by Gasteiger charge is 2.22. The summed E-state index contributed by atoms with van der Waals surface area (Å²) < 4.78 is 9.30. The Morgan fingerprint density at radius 2 is 0.950 bits per heavy atom. The van der Waals surface area contributed by atoms with Gasteiger partial charge in [-0.05, 0) is 83.9 Å². The maximum absolute atomic E-state index is 5.56. The van der Waals surface area contributed by atoms with Crippen LogP contribution in [0.2, 0.25) is 0 Å². The quantitative estimate of drug-likeness (QED) is 0.174. The fourth-order valence-electron chi connectivity index (χ4n) is 9.41. The third-order valence-corrected chi connectivity index (χ3v) is 13.3. The van der Waals surface area contributed by atoms with Gasteiger partial charge in [-0.1, -0.05) is 121 Å². The van der Waals surface area contributed by atoms with Crippen LogP contribution in [-0.4, -0.2) is 23.7 Å². The molecule has 0 atom stereocenters. The van der Waals surface area contributed by atoms with Gasteiger partial charge in [-0.3, -0.25) is 4.57 Å². The predicted molar refractivity (Wildman–Crippen MR) is 251 cm³/mol. The Kier molecular flexibility index (Phi) is 7.11. The van der Waals surface area contributed by atoms with Gasteiger partial charge in [0, 0.05) is 70.2 Å². The predicted octanol–water partition coefficient (Wildman–Crippen LogP) is 14.3. The lowest BCUT2D eigenvalue weighted by molar-refractivity contribution is 0.989. The second-order valence-electron chi connectivity index (χ2n) is 15.4. The molecule has 0 saturated heterocycles. The lowest BCUT2D eigenvalue weighted by Crippen LogP contribution is -2.05. The molecule has 0 amide bonds. The van der Waals surface area contributed by atoms with E-state index < -0.39 is 0 Å². The number of benzene rings is 8. The molecule has 5 nitrogen and oxygen atoms in total. The van der Waals surface area contributed by atoms with Crippen molar-refractivity contribution >= 4 is 86.2 Å². The lowest BCUT2D eigenvalue weighted by Gasteiger charge is -2.12. The monoisotopic (exact) mass is 783 g/mol. The van der Waals surface area contributed by atoms with Crippen molar-refractivity contribution in [3.63, 3.8) is 0 Å². The van der Waals surface area contributed by atoms with E-state index >= 15 is 0 Å². The minimum atomic E-state index is 0.639. The highest BCUT2D eigenvalue weighted by atomic mass is 32.1. The highest BCUT2D eigenvalue weighted by molar-refractivity contribution is 7.26. The van der Waals surface area contributed by atoms with Crippen molar-refractivity contribution in [1.82, 2.24) is 23.7 Å². The molecule has 280 valence electrons. The first-order chi connectivity index (χ1) is 29.8. The molecule has 6 heteroatoms. The number of fused-ring (bicyclic) bond motifs is 10. The van der Waals surface area contributed by atoms with Crippen molar-refractivity contribution in [3.05, 3.63) is 200 Å². The van der Waals surface area contributed by atoms with E-state index in [-0.39, 0.29) is 0 Å². The zero-order valence-electron chi connectivity index (χ0n) is 32.2. The SMILES string of the molecule is c1ccc(-n2ccc3c(-c4cccc5c4sc4ccccc45)nc(-n4c5ccccc5c5cc(-c6ccc7c(c6)c6ccccc6n7-c6ccccc6)ccc54)nc32)cc1. The van der Waals surface area contributed by atoms with Gasteiger partial charge in [0.15, 0.2) is 5.65 Å². The molecule has 13 aromatic rings. The van der Waals surface area contributed by atoms with Gasteiger partial charge in [-0.15, -0.1) is 11.3 Å². The summed E-state index contributed by atoms with van der Waals surface area (Å²) in [4.78, 5) is 11.0. The van der Waals surface area contributed by atoms with Crippen molar-refractivity contribution in [2.45, 2.75) is 0 Å².